The van der Waals surface area contributed by atoms with Crippen molar-refractivity contribution in [2.24, 2.45) is 5.73 Å². The first-order valence-electron chi connectivity index (χ1n) is 9.43. The Hall–Kier alpha value is -2.67. The molecule has 0 saturated heterocycles. The first kappa shape index (κ1) is 26.4. The summed E-state index contributed by atoms with van der Waals surface area (Å²) in [5, 5.41) is 34.5. The number of benzene rings is 1. The Morgan fingerprint density at radius 1 is 0.968 bits per heavy atom. The number of carboxylic acids is 1. The third-order valence-corrected chi connectivity index (χ3v) is 4.72. The smallest absolute Gasteiger partial charge is 0.328 e. The van der Waals surface area contributed by atoms with E-state index >= 15 is 0 Å². The number of aliphatic hydroxyl groups is 2. The highest BCUT2D eigenvalue weighted by atomic mass is 32.1. The fourth-order valence-electron chi connectivity index (χ4n) is 2.47. The van der Waals surface area contributed by atoms with Crippen molar-refractivity contribution in [2.75, 3.05) is 12.4 Å². The number of hydrogen-bond donors (Lipinski definition) is 8. The van der Waals surface area contributed by atoms with Gasteiger partial charge < -0.3 is 37.0 Å². The van der Waals surface area contributed by atoms with Crippen molar-refractivity contribution >= 4 is 36.3 Å². The molecule has 0 aromatic heterocycles. The van der Waals surface area contributed by atoms with E-state index in [1.54, 1.807) is 30.3 Å². The van der Waals surface area contributed by atoms with Gasteiger partial charge in [0.25, 0.3) is 0 Å². The number of nitrogens with two attached hydrogens (primary N) is 1. The van der Waals surface area contributed by atoms with Crippen molar-refractivity contribution in [3.63, 3.8) is 0 Å². The third kappa shape index (κ3) is 8.53. The van der Waals surface area contributed by atoms with Gasteiger partial charge in [-0.05, 0) is 12.5 Å². The predicted octanol–water partition coefficient (Wildman–Crippen LogP) is -2.60. The van der Waals surface area contributed by atoms with Crippen molar-refractivity contribution in [1.82, 2.24) is 16.0 Å². The molecule has 0 radical (unpaired) electrons. The standard InChI is InChI=1S/C19H28N4O7S/c1-10(25)15(20)18(28)21-12(7-11-5-3-2-4-6-11)16(26)23-14(9-31)17(27)22-13(8-24)19(29)30/h2-6,10,12-15,24-25,31H,7-9,20H2,1H3,(H,21,28)(H,22,27)(H,23,26)(H,29,30). The molecule has 1 aromatic rings. The quantitative estimate of drug-likeness (QED) is 0.157. The average molecular weight is 457 g/mol. The number of carbonyl (C=O) groups is 4. The van der Waals surface area contributed by atoms with Gasteiger partial charge in [-0.25, -0.2) is 4.79 Å². The minimum atomic E-state index is -1.55. The van der Waals surface area contributed by atoms with E-state index in [1.807, 2.05) is 0 Å². The van der Waals surface area contributed by atoms with Crippen LogP contribution in [0.25, 0.3) is 0 Å². The van der Waals surface area contributed by atoms with Crippen LogP contribution >= 0.6 is 12.6 Å². The Bertz CT molecular complexity index is 763. The molecule has 31 heavy (non-hydrogen) atoms. The van der Waals surface area contributed by atoms with Gasteiger partial charge in [0.2, 0.25) is 17.7 Å². The molecular weight excluding hydrogens is 428 g/mol. The number of nitrogens with one attached hydrogen (secondary N) is 3. The molecule has 5 unspecified atom stereocenters. The van der Waals surface area contributed by atoms with Gasteiger partial charge in [0.05, 0.1) is 12.7 Å². The number of amides is 3. The first-order chi connectivity index (χ1) is 14.6. The normalized spacial score (nSPS) is 15.6. The van der Waals surface area contributed by atoms with Crippen LogP contribution in [-0.2, 0) is 25.6 Å². The summed E-state index contributed by atoms with van der Waals surface area (Å²) in [5.41, 5.74) is 6.34. The molecule has 11 nitrogen and oxygen atoms in total. The third-order valence-electron chi connectivity index (χ3n) is 4.35. The van der Waals surface area contributed by atoms with Crippen molar-refractivity contribution in [3.8, 4) is 0 Å². The Morgan fingerprint density at radius 3 is 1.97 bits per heavy atom. The number of hydrogen-bond acceptors (Lipinski definition) is 8. The molecule has 5 atom stereocenters. The Morgan fingerprint density at radius 2 is 1.48 bits per heavy atom. The molecule has 8 N–H and O–H groups in total. The highest BCUT2D eigenvalue weighted by Crippen LogP contribution is 2.05. The molecule has 0 fully saturated rings. The summed E-state index contributed by atoms with van der Waals surface area (Å²) < 4.78 is 0. The maximum atomic E-state index is 12.8. The van der Waals surface area contributed by atoms with Crippen LogP contribution in [0.15, 0.2) is 30.3 Å². The van der Waals surface area contributed by atoms with Gasteiger partial charge in [-0.15, -0.1) is 0 Å². The molecule has 0 spiro atoms. The molecule has 3 amide bonds. The molecule has 172 valence electrons. The van der Waals surface area contributed by atoms with Crippen LogP contribution in [0.3, 0.4) is 0 Å². The summed E-state index contributed by atoms with van der Waals surface area (Å²) in [5.74, 6) is -3.98. The lowest BCUT2D eigenvalue weighted by molar-refractivity contribution is -0.143. The minimum Gasteiger partial charge on any atom is -0.480 e. The summed E-state index contributed by atoms with van der Waals surface area (Å²) in [6.45, 7) is 0.496. The highest BCUT2D eigenvalue weighted by molar-refractivity contribution is 7.80. The Labute approximate surface area is 184 Å². The zero-order valence-corrected chi connectivity index (χ0v) is 17.8. The lowest BCUT2D eigenvalue weighted by Gasteiger charge is -2.24. The molecule has 0 aliphatic heterocycles. The van der Waals surface area contributed by atoms with E-state index in [4.69, 9.17) is 15.9 Å². The van der Waals surface area contributed by atoms with Crippen LogP contribution in [0.5, 0.6) is 0 Å². The van der Waals surface area contributed by atoms with E-state index in [9.17, 15) is 24.3 Å². The second-order valence-electron chi connectivity index (χ2n) is 6.84. The second-order valence-corrected chi connectivity index (χ2v) is 7.21. The fourth-order valence-corrected chi connectivity index (χ4v) is 2.73. The fraction of sp³-hybridized carbons (Fsp3) is 0.474. The average Bonchev–Trinajstić information content (AvgIpc) is 2.74. The number of thiol groups is 1. The monoisotopic (exact) mass is 456 g/mol. The van der Waals surface area contributed by atoms with Crippen LogP contribution in [0.2, 0.25) is 0 Å². The van der Waals surface area contributed by atoms with Crippen molar-refractivity contribution in [2.45, 2.75) is 43.6 Å². The maximum Gasteiger partial charge on any atom is 0.328 e. The van der Waals surface area contributed by atoms with Gasteiger partial charge in [0, 0.05) is 12.2 Å². The van der Waals surface area contributed by atoms with Crippen molar-refractivity contribution in [1.29, 1.82) is 0 Å². The number of aliphatic hydroxyl groups excluding tert-OH is 2. The van der Waals surface area contributed by atoms with E-state index < -0.39 is 60.6 Å². The molecule has 0 heterocycles. The van der Waals surface area contributed by atoms with Crippen LogP contribution in [0.1, 0.15) is 12.5 Å². The van der Waals surface area contributed by atoms with Gasteiger partial charge in [-0.3, -0.25) is 14.4 Å². The molecule has 0 saturated carbocycles. The van der Waals surface area contributed by atoms with E-state index in [-0.39, 0.29) is 12.2 Å². The van der Waals surface area contributed by atoms with E-state index in [2.05, 4.69) is 28.6 Å². The highest BCUT2D eigenvalue weighted by Gasteiger charge is 2.30. The first-order valence-corrected chi connectivity index (χ1v) is 10.1. The number of carbonyl (C=O) groups excluding carboxylic acids is 3. The summed E-state index contributed by atoms with van der Waals surface area (Å²) in [7, 11) is 0. The van der Waals surface area contributed by atoms with Crippen LogP contribution in [0.4, 0.5) is 0 Å². The number of aliphatic carboxylic acids is 1. The van der Waals surface area contributed by atoms with E-state index in [0.29, 0.717) is 5.56 Å². The molecular formula is C19H28N4O7S. The lowest BCUT2D eigenvalue weighted by atomic mass is 10.0. The van der Waals surface area contributed by atoms with Gasteiger partial charge in [-0.2, -0.15) is 12.6 Å². The minimum absolute atomic E-state index is 0.0697. The van der Waals surface area contributed by atoms with Crippen LogP contribution in [-0.4, -0.2) is 81.6 Å². The van der Waals surface area contributed by atoms with Crippen LogP contribution in [0, 0.1) is 0 Å². The summed E-state index contributed by atoms with van der Waals surface area (Å²) in [6, 6.07) is 3.57. The number of carboxylic acid groups (broad SMARTS) is 1. The maximum absolute atomic E-state index is 12.8. The zero-order chi connectivity index (χ0) is 23.6. The van der Waals surface area contributed by atoms with Crippen LogP contribution < -0.4 is 21.7 Å². The predicted molar refractivity (Wildman–Crippen MR) is 114 cm³/mol. The van der Waals surface area contributed by atoms with Crippen molar-refractivity contribution in [3.05, 3.63) is 35.9 Å². The number of rotatable bonds is 12. The largest absolute Gasteiger partial charge is 0.480 e. The molecule has 0 bridgehead atoms. The second kappa shape index (κ2) is 12.9. The van der Waals surface area contributed by atoms with Crippen molar-refractivity contribution < 1.29 is 34.5 Å². The Kier molecular flexibility index (Phi) is 11.0. The zero-order valence-electron chi connectivity index (χ0n) is 16.9. The van der Waals surface area contributed by atoms with E-state index in [0.717, 1.165) is 0 Å². The topological polar surface area (TPSA) is 191 Å². The molecule has 12 heteroatoms. The summed E-state index contributed by atoms with van der Waals surface area (Å²) in [4.78, 5) is 48.4. The van der Waals surface area contributed by atoms with Gasteiger partial charge in [-0.1, -0.05) is 30.3 Å². The molecule has 1 aromatic carbocycles. The van der Waals surface area contributed by atoms with E-state index in [1.165, 1.54) is 6.92 Å². The van der Waals surface area contributed by atoms with Gasteiger partial charge >= 0.3 is 5.97 Å². The molecule has 1 rings (SSSR count). The van der Waals surface area contributed by atoms with Gasteiger partial charge in [0.15, 0.2) is 0 Å². The molecule has 0 aliphatic rings. The molecule has 0 aliphatic carbocycles. The summed E-state index contributed by atoms with van der Waals surface area (Å²) in [6.07, 6.45) is -1.08. The lowest BCUT2D eigenvalue weighted by Crippen LogP contribution is -2.59. The Balaban J connectivity index is 2.96. The van der Waals surface area contributed by atoms with Gasteiger partial charge in [0.1, 0.15) is 24.2 Å². The SMILES string of the molecule is CC(O)C(N)C(=O)NC(Cc1ccccc1)C(=O)NC(CS)C(=O)NC(CO)C(=O)O. The summed E-state index contributed by atoms with van der Waals surface area (Å²) >= 11 is 4.00.